The zero-order valence-electron chi connectivity index (χ0n) is 10.0. The molecule has 15 heavy (non-hydrogen) atoms. The summed E-state index contributed by atoms with van der Waals surface area (Å²) in [6.45, 7) is 8.12. The molecule has 0 heterocycles. The topological polar surface area (TPSA) is 47.6 Å². The largest absolute Gasteiger partial charge is 0.379 e. The van der Waals surface area contributed by atoms with Crippen molar-refractivity contribution in [3.05, 3.63) is 0 Å². The van der Waals surface area contributed by atoms with Crippen molar-refractivity contribution >= 4 is 5.91 Å². The minimum atomic E-state index is -0.0402. The van der Waals surface area contributed by atoms with Crippen molar-refractivity contribution in [1.29, 1.82) is 0 Å². The van der Waals surface area contributed by atoms with Crippen LogP contribution < -0.4 is 5.32 Å². The van der Waals surface area contributed by atoms with E-state index in [1.165, 1.54) is 0 Å². The monoisotopic (exact) mass is 217 g/mol. The predicted octanol–water partition coefficient (Wildman–Crippen LogP) is 1.34. The number of hydrogen-bond donors (Lipinski definition) is 1. The van der Waals surface area contributed by atoms with Crippen LogP contribution in [0.5, 0.6) is 0 Å². The van der Waals surface area contributed by atoms with Gasteiger partial charge < -0.3 is 14.8 Å². The lowest BCUT2D eigenvalue weighted by Crippen LogP contribution is -2.28. The summed E-state index contributed by atoms with van der Waals surface area (Å²) >= 11 is 0. The molecule has 1 N–H and O–H groups in total. The standard InChI is InChI=1S/C11H23NO3/c1-4-14-9-11(13)12-7-5-6-8-15-10(2)3/h10H,4-9H2,1-3H3,(H,12,13). The third-order valence-electron chi connectivity index (χ3n) is 1.78. The molecule has 0 aliphatic carbocycles. The molecule has 4 heteroatoms. The molecule has 90 valence electrons. The average Bonchev–Trinajstić information content (AvgIpc) is 2.19. The van der Waals surface area contributed by atoms with E-state index in [9.17, 15) is 4.79 Å². The summed E-state index contributed by atoms with van der Waals surface area (Å²) in [5.74, 6) is -0.0402. The Morgan fingerprint density at radius 1 is 1.33 bits per heavy atom. The number of carbonyl (C=O) groups is 1. The molecule has 0 radical (unpaired) electrons. The first-order valence-electron chi connectivity index (χ1n) is 5.62. The van der Waals surface area contributed by atoms with Crippen LogP contribution in [0.3, 0.4) is 0 Å². The molecule has 0 atom stereocenters. The number of nitrogens with one attached hydrogen (secondary N) is 1. The van der Waals surface area contributed by atoms with Crippen LogP contribution in [-0.2, 0) is 14.3 Å². The minimum Gasteiger partial charge on any atom is -0.379 e. The van der Waals surface area contributed by atoms with Gasteiger partial charge in [-0.25, -0.2) is 0 Å². The third-order valence-corrected chi connectivity index (χ3v) is 1.78. The van der Waals surface area contributed by atoms with Crippen LogP contribution in [0, 0.1) is 0 Å². The maximum absolute atomic E-state index is 11.1. The van der Waals surface area contributed by atoms with E-state index in [2.05, 4.69) is 5.32 Å². The summed E-state index contributed by atoms with van der Waals surface area (Å²) in [6.07, 6.45) is 2.22. The van der Waals surface area contributed by atoms with Crippen LogP contribution in [0.1, 0.15) is 33.6 Å². The molecule has 0 saturated carbocycles. The highest BCUT2D eigenvalue weighted by molar-refractivity contribution is 5.77. The van der Waals surface area contributed by atoms with Crippen molar-refractivity contribution in [1.82, 2.24) is 5.32 Å². The van der Waals surface area contributed by atoms with Gasteiger partial charge in [-0.1, -0.05) is 0 Å². The number of carbonyl (C=O) groups excluding carboxylic acids is 1. The first kappa shape index (κ1) is 14.4. The molecule has 0 unspecified atom stereocenters. The molecule has 0 saturated heterocycles. The van der Waals surface area contributed by atoms with Gasteiger partial charge >= 0.3 is 0 Å². The van der Waals surface area contributed by atoms with Gasteiger partial charge in [0.15, 0.2) is 0 Å². The Morgan fingerprint density at radius 3 is 2.67 bits per heavy atom. The molecular formula is C11H23NO3. The number of hydrogen-bond acceptors (Lipinski definition) is 3. The Kier molecular flexibility index (Phi) is 9.52. The second-order valence-electron chi connectivity index (χ2n) is 3.61. The van der Waals surface area contributed by atoms with E-state index in [4.69, 9.17) is 9.47 Å². The summed E-state index contributed by atoms with van der Waals surface area (Å²) in [5, 5.41) is 2.79. The van der Waals surface area contributed by atoms with Crippen LogP contribution >= 0.6 is 0 Å². The quantitative estimate of drug-likeness (QED) is 0.593. The Balaban J connectivity index is 3.13. The van der Waals surface area contributed by atoms with Crippen LogP contribution in [-0.4, -0.2) is 38.4 Å². The van der Waals surface area contributed by atoms with E-state index in [1.807, 2.05) is 20.8 Å². The first-order valence-corrected chi connectivity index (χ1v) is 5.62. The average molecular weight is 217 g/mol. The molecule has 0 spiro atoms. The maximum Gasteiger partial charge on any atom is 0.245 e. The molecule has 0 aliphatic rings. The minimum absolute atomic E-state index is 0.0402. The van der Waals surface area contributed by atoms with Crippen molar-refractivity contribution in [2.75, 3.05) is 26.4 Å². The fourth-order valence-corrected chi connectivity index (χ4v) is 1.02. The lowest BCUT2D eigenvalue weighted by atomic mass is 10.3. The van der Waals surface area contributed by atoms with Gasteiger partial charge in [0.2, 0.25) is 5.91 Å². The van der Waals surface area contributed by atoms with Crippen LogP contribution in [0.25, 0.3) is 0 Å². The van der Waals surface area contributed by atoms with Crippen LogP contribution in [0.15, 0.2) is 0 Å². The van der Waals surface area contributed by atoms with E-state index in [0.29, 0.717) is 13.2 Å². The molecule has 0 aromatic rings. The lowest BCUT2D eigenvalue weighted by molar-refractivity contribution is -0.125. The predicted molar refractivity (Wildman–Crippen MR) is 59.8 cm³/mol. The van der Waals surface area contributed by atoms with E-state index >= 15 is 0 Å². The Hall–Kier alpha value is -0.610. The Labute approximate surface area is 92.3 Å². The van der Waals surface area contributed by atoms with E-state index in [-0.39, 0.29) is 18.6 Å². The van der Waals surface area contributed by atoms with Gasteiger partial charge in [0.25, 0.3) is 0 Å². The molecule has 0 bridgehead atoms. The summed E-state index contributed by atoms with van der Waals surface area (Å²) < 4.78 is 10.3. The number of rotatable bonds is 9. The van der Waals surface area contributed by atoms with Gasteiger partial charge in [-0.2, -0.15) is 0 Å². The molecule has 1 amide bonds. The van der Waals surface area contributed by atoms with Gasteiger partial charge in [-0.15, -0.1) is 0 Å². The Bertz CT molecular complexity index is 160. The lowest BCUT2D eigenvalue weighted by Gasteiger charge is -2.07. The number of unbranched alkanes of at least 4 members (excludes halogenated alkanes) is 1. The number of ether oxygens (including phenoxy) is 2. The second kappa shape index (κ2) is 9.93. The van der Waals surface area contributed by atoms with E-state index in [0.717, 1.165) is 19.4 Å². The van der Waals surface area contributed by atoms with Crippen molar-refractivity contribution < 1.29 is 14.3 Å². The van der Waals surface area contributed by atoms with Crippen LogP contribution in [0.2, 0.25) is 0 Å². The van der Waals surface area contributed by atoms with Gasteiger partial charge in [0, 0.05) is 19.8 Å². The van der Waals surface area contributed by atoms with E-state index < -0.39 is 0 Å². The second-order valence-corrected chi connectivity index (χ2v) is 3.61. The van der Waals surface area contributed by atoms with Crippen molar-refractivity contribution in [3.8, 4) is 0 Å². The Morgan fingerprint density at radius 2 is 2.07 bits per heavy atom. The smallest absolute Gasteiger partial charge is 0.245 e. The highest BCUT2D eigenvalue weighted by Crippen LogP contribution is 1.93. The van der Waals surface area contributed by atoms with Gasteiger partial charge in [0.1, 0.15) is 6.61 Å². The van der Waals surface area contributed by atoms with Gasteiger partial charge in [0.05, 0.1) is 6.10 Å². The molecule has 0 rings (SSSR count). The molecule has 4 nitrogen and oxygen atoms in total. The zero-order chi connectivity index (χ0) is 11.5. The molecule has 0 aromatic heterocycles. The first-order chi connectivity index (χ1) is 7.16. The molecule has 0 aromatic carbocycles. The molecule has 0 fully saturated rings. The van der Waals surface area contributed by atoms with E-state index in [1.54, 1.807) is 0 Å². The maximum atomic E-state index is 11.1. The molecule has 0 aliphatic heterocycles. The summed E-state index contributed by atoms with van der Waals surface area (Å²) in [6, 6.07) is 0. The molecular weight excluding hydrogens is 194 g/mol. The third kappa shape index (κ3) is 11.3. The fourth-order valence-electron chi connectivity index (χ4n) is 1.02. The summed E-state index contributed by atoms with van der Waals surface area (Å²) in [4.78, 5) is 11.1. The highest BCUT2D eigenvalue weighted by atomic mass is 16.5. The van der Waals surface area contributed by atoms with Crippen molar-refractivity contribution in [2.24, 2.45) is 0 Å². The van der Waals surface area contributed by atoms with Crippen molar-refractivity contribution in [2.45, 2.75) is 39.7 Å². The zero-order valence-corrected chi connectivity index (χ0v) is 10.0. The highest BCUT2D eigenvalue weighted by Gasteiger charge is 1.99. The van der Waals surface area contributed by atoms with Crippen LogP contribution in [0.4, 0.5) is 0 Å². The van der Waals surface area contributed by atoms with Crippen molar-refractivity contribution in [3.63, 3.8) is 0 Å². The summed E-state index contributed by atoms with van der Waals surface area (Å²) in [7, 11) is 0. The fraction of sp³-hybridized carbons (Fsp3) is 0.909. The SMILES string of the molecule is CCOCC(=O)NCCCCOC(C)C. The summed E-state index contributed by atoms with van der Waals surface area (Å²) in [5.41, 5.74) is 0. The van der Waals surface area contributed by atoms with Gasteiger partial charge in [-0.3, -0.25) is 4.79 Å². The van der Waals surface area contributed by atoms with Gasteiger partial charge in [-0.05, 0) is 33.6 Å². The normalized spacial score (nSPS) is 10.7. The number of amides is 1.